The quantitative estimate of drug-likeness (QED) is 0.913. The molecule has 2 unspecified atom stereocenters. The van der Waals surface area contributed by atoms with Crippen molar-refractivity contribution in [1.82, 2.24) is 4.90 Å². The molecule has 2 atom stereocenters. The zero-order chi connectivity index (χ0) is 16.3. The number of piperidine rings is 1. The maximum absolute atomic E-state index is 12.6. The van der Waals surface area contributed by atoms with Gasteiger partial charge in [-0.25, -0.2) is 0 Å². The van der Waals surface area contributed by atoms with Crippen molar-refractivity contribution in [1.29, 1.82) is 0 Å². The first-order chi connectivity index (χ1) is 10.3. The Kier molecular flexibility index (Phi) is 6.71. The molecule has 1 aliphatic rings. The van der Waals surface area contributed by atoms with Gasteiger partial charge in [-0.15, -0.1) is 12.4 Å². The van der Waals surface area contributed by atoms with Gasteiger partial charge in [0.2, 0.25) is 0 Å². The van der Waals surface area contributed by atoms with E-state index in [9.17, 15) is 4.79 Å². The summed E-state index contributed by atoms with van der Waals surface area (Å²) in [6, 6.07) is 7.37. The van der Waals surface area contributed by atoms with Crippen LogP contribution in [0.4, 0.5) is 0 Å². The number of benzene rings is 1. The van der Waals surface area contributed by atoms with Crippen LogP contribution in [-0.2, 0) is 4.79 Å². The minimum absolute atomic E-state index is 0. The number of nitrogens with zero attached hydrogens (tertiary/aromatic N) is 1. The summed E-state index contributed by atoms with van der Waals surface area (Å²) in [4.78, 5) is 14.4. The fraction of sp³-hybridized carbons (Fsp3) is 0.588. The molecule has 0 aromatic heterocycles. The number of halogens is 1. The van der Waals surface area contributed by atoms with Gasteiger partial charge in [0.15, 0.2) is 6.10 Å². The molecule has 1 fully saturated rings. The Balaban J connectivity index is 0.00000264. The Labute approximate surface area is 144 Å². The van der Waals surface area contributed by atoms with Crippen molar-refractivity contribution in [2.24, 2.45) is 11.1 Å². The van der Waals surface area contributed by atoms with Crippen molar-refractivity contribution in [3.63, 3.8) is 0 Å². The van der Waals surface area contributed by atoms with Gasteiger partial charge in [0.05, 0.1) is 7.11 Å². The van der Waals surface area contributed by atoms with Crippen LogP contribution in [0.2, 0.25) is 0 Å². The van der Waals surface area contributed by atoms with Crippen molar-refractivity contribution in [3.05, 3.63) is 24.3 Å². The molecule has 0 aliphatic carbocycles. The van der Waals surface area contributed by atoms with E-state index in [4.69, 9.17) is 15.2 Å². The van der Waals surface area contributed by atoms with Gasteiger partial charge in [-0.1, -0.05) is 13.8 Å². The number of hydrogen-bond donors (Lipinski definition) is 1. The van der Waals surface area contributed by atoms with Crippen LogP contribution in [0, 0.1) is 5.41 Å². The fourth-order valence-electron chi connectivity index (χ4n) is 2.73. The summed E-state index contributed by atoms with van der Waals surface area (Å²) in [5, 5.41) is 0. The zero-order valence-electron chi connectivity index (χ0n) is 14.2. The Bertz CT molecular complexity index is 519. The number of hydrogen-bond acceptors (Lipinski definition) is 4. The summed E-state index contributed by atoms with van der Waals surface area (Å²) in [6.45, 7) is 7.36. The predicted molar refractivity (Wildman–Crippen MR) is 93.3 cm³/mol. The van der Waals surface area contributed by atoms with Gasteiger partial charge in [0.1, 0.15) is 11.5 Å². The van der Waals surface area contributed by atoms with E-state index >= 15 is 0 Å². The number of ether oxygens (including phenoxy) is 2. The largest absolute Gasteiger partial charge is 0.497 e. The Morgan fingerprint density at radius 2 is 1.87 bits per heavy atom. The Hall–Kier alpha value is -1.46. The molecule has 1 saturated heterocycles. The van der Waals surface area contributed by atoms with Crippen LogP contribution < -0.4 is 15.2 Å². The number of likely N-dealkylation sites (tertiary alicyclic amines) is 1. The molecule has 0 bridgehead atoms. The fourth-order valence-corrected chi connectivity index (χ4v) is 2.73. The molecule has 1 heterocycles. The highest BCUT2D eigenvalue weighted by atomic mass is 35.5. The van der Waals surface area contributed by atoms with E-state index in [0.717, 1.165) is 12.2 Å². The second kappa shape index (κ2) is 7.88. The molecule has 130 valence electrons. The lowest BCUT2D eigenvalue weighted by Gasteiger charge is -2.43. The molecule has 1 aliphatic heterocycles. The monoisotopic (exact) mass is 342 g/mol. The maximum Gasteiger partial charge on any atom is 0.263 e. The van der Waals surface area contributed by atoms with Gasteiger partial charge in [-0.05, 0) is 43.0 Å². The molecular formula is C17H27ClN2O3. The van der Waals surface area contributed by atoms with E-state index in [-0.39, 0.29) is 29.8 Å². The number of rotatable bonds is 4. The average Bonchev–Trinajstić information content (AvgIpc) is 2.50. The third-order valence-corrected chi connectivity index (χ3v) is 4.34. The molecule has 0 saturated carbocycles. The number of methoxy groups -OCH3 is 1. The van der Waals surface area contributed by atoms with Crippen molar-refractivity contribution < 1.29 is 14.3 Å². The average molecular weight is 343 g/mol. The molecule has 0 radical (unpaired) electrons. The second-order valence-electron chi connectivity index (χ2n) is 6.58. The normalized spacial score (nSPS) is 21.1. The van der Waals surface area contributed by atoms with Crippen LogP contribution in [0.1, 0.15) is 27.2 Å². The van der Waals surface area contributed by atoms with E-state index in [1.54, 1.807) is 26.2 Å². The van der Waals surface area contributed by atoms with Gasteiger partial charge in [-0.2, -0.15) is 0 Å². The van der Waals surface area contributed by atoms with Crippen molar-refractivity contribution in [2.45, 2.75) is 39.3 Å². The molecular weight excluding hydrogens is 316 g/mol. The van der Waals surface area contributed by atoms with E-state index in [2.05, 4.69) is 13.8 Å². The highest BCUT2D eigenvalue weighted by Gasteiger charge is 2.36. The third kappa shape index (κ3) is 4.75. The van der Waals surface area contributed by atoms with Crippen LogP contribution in [0.3, 0.4) is 0 Å². The van der Waals surface area contributed by atoms with Crippen LogP contribution in [0.15, 0.2) is 24.3 Å². The molecule has 0 spiro atoms. The molecule has 2 rings (SSSR count). The zero-order valence-corrected chi connectivity index (χ0v) is 15.1. The number of nitrogens with two attached hydrogens (primary N) is 1. The summed E-state index contributed by atoms with van der Waals surface area (Å²) in [5.74, 6) is 1.43. The van der Waals surface area contributed by atoms with E-state index in [1.165, 1.54) is 0 Å². The van der Waals surface area contributed by atoms with E-state index in [0.29, 0.717) is 18.8 Å². The van der Waals surface area contributed by atoms with Gasteiger partial charge < -0.3 is 20.1 Å². The van der Waals surface area contributed by atoms with Crippen LogP contribution in [-0.4, -0.2) is 43.2 Å². The first kappa shape index (κ1) is 19.6. The molecule has 23 heavy (non-hydrogen) atoms. The van der Waals surface area contributed by atoms with Gasteiger partial charge in [-0.3, -0.25) is 4.79 Å². The number of carbonyl (C=O) groups excluding carboxylic acids is 1. The maximum atomic E-state index is 12.6. The minimum Gasteiger partial charge on any atom is -0.497 e. The smallest absolute Gasteiger partial charge is 0.263 e. The first-order valence-corrected chi connectivity index (χ1v) is 7.68. The first-order valence-electron chi connectivity index (χ1n) is 7.68. The molecule has 5 nitrogen and oxygen atoms in total. The van der Waals surface area contributed by atoms with Crippen molar-refractivity contribution >= 4 is 18.3 Å². The topological polar surface area (TPSA) is 64.8 Å². The Morgan fingerprint density at radius 1 is 1.30 bits per heavy atom. The lowest BCUT2D eigenvalue weighted by molar-refractivity contribution is -0.141. The van der Waals surface area contributed by atoms with Crippen LogP contribution in [0.5, 0.6) is 11.5 Å². The lowest BCUT2D eigenvalue weighted by Crippen LogP contribution is -2.56. The highest BCUT2D eigenvalue weighted by molar-refractivity contribution is 5.85. The summed E-state index contributed by atoms with van der Waals surface area (Å²) in [7, 11) is 1.62. The highest BCUT2D eigenvalue weighted by Crippen LogP contribution is 2.28. The third-order valence-electron chi connectivity index (χ3n) is 4.34. The van der Waals surface area contributed by atoms with E-state index in [1.807, 2.05) is 17.0 Å². The van der Waals surface area contributed by atoms with Crippen LogP contribution in [0.25, 0.3) is 0 Å². The molecule has 2 N–H and O–H groups in total. The summed E-state index contributed by atoms with van der Waals surface area (Å²) < 4.78 is 10.9. The number of carbonyl (C=O) groups is 1. The van der Waals surface area contributed by atoms with Gasteiger partial charge in [0, 0.05) is 19.1 Å². The molecule has 1 aromatic carbocycles. The molecule has 1 aromatic rings. The summed E-state index contributed by atoms with van der Waals surface area (Å²) >= 11 is 0. The lowest BCUT2D eigenvalue weighted by atomic mass is 9.79. The molecule has 6 heteroatoms. The van der Waals surface area contributed by atoms with Gasteiger partial charge >= 0.3 is 0 Å². The number of amides is 1. The summed E-state index contributed by atoms with van der Waals surface area (Å²) in [6.07, 6.45) is 0.312. The van der Waals surface area contributed by atoms with E-state index < -0.39 is 6.10 Å². The Morgan fingerprint density at radius 3 is 2.39 bits per heavy atom. The van der Waals surface area contributed by atoms with Crippen molar-refractivity contribution in [3.8, 4) is 11.5 Å². The molecule has 1 amide bonds. The predicted octanol–water partition coefficient (Wildman–Crippen LogP) is 2.47. The standard InChI is InChI=1S/C17H26N2O3.ClH/c1-12(22-14-7-5-13(21-4)6-8-14)16(20)19-10-9-15(18)17(2,3)11-19;/h5-8,12,15H,9-11,18H2,1-4H3;1H. The van der Waals surface area contributed by atoms with Gasteiger partial charge in [0.25, 0.3) is 5.91 Å². The van der Waals surface area contributed by atoms with Crippen molar-refractivity contribution in [2.75, 3.05) is 20.2 Å². The second-order valence-corrected chi connectivity index (χ2v) is 6.58. The van der Waals surface area contributed by atoms with Crippen LogP contribution >= 0.6 is 12.4 Å². The SMILES string of the molecule is COc1ccc(OC(C)C(=O)N2CCC(N)C(C)(C)C2)cc1.Cl. The minimum atomic E-state index is -0.515. The summed E-state index contributed by atoms with van der Waals surface area (Å²) in [5.41, 5.74) is 6.06.